The lowest BCUT2D eigenvalue weighted by atomic mass is 10.1. The van der Waals surface area contributed by atoms with Gasteiger partial charge in [0.15, 0.2) is 0 Å². The molecule has 0 spiro atoms. The molecule has 0 aromatic rings. The lowest BCUT2D eigenvalue weighted by Gasteiger charge is -2.20. The highest BCUT2D eigenvalue weighted by atomic mass is 16.5. The van der Waals surface area contributed by atoms with Gasteiger partial charge in [-0.1, -0.05) is 0 Å². The fourth-order valence-corrected chi connectivity index (χ4v) is 1.76. The van der Waals surface area contributed by atoms with Gasteiger partial charge in [-0.3, -0.25) is 5.32 Å². The minimum absolute atomic E-state index is 0.236. The van der Waals surface area contributed by atoms with Gasteiger partial charge in [-0.15, -0.1) is 0 Å². The number of hydrogen-bond donors (Lipinski definition) is 1. The van der Waals surface area contributed by atoms with Gasteiger partial charge in [0.2, 0.25) is 0 Å². The molecule has 1 saturated heterocycles. The summed E-state index contributed by atoms with van der Waals surface area (Å²) < 4.78 is 5.29. The summed E-state index contributed by atoms with van der Waals surface area (Å²) in [5.41, 5.74) is 0. The number of nitrogens with one attached hydrogen (secondary N) is 1. The Kier molecular flexibility index (Phi) is 3.30. The SMILES string of the molecule is CNC(OC)C1CCN(C)C1. The van der Waals surface area contributed by atoms with E-state index in [1.165, 1.54) is 13.0 Å². The summed E-state index contributed by atoms with van der Waals surface area (Å²) in [4.78, 5) is 2.34. The monoisotopic (exact) mass is 158 g/mol. The van der Waals surface area contributed by atoms with E-state index < -0.39 is 0 Å². The number of rotatable bonds is 3. The molecule has 0 radical (unpaired) electrons. The van der Waals surface area contributed by atoms with Gasteiger partial charge >= 0.3 is 0 Å². The van der Waals surface area contributed by atoms with E-state index in [4.69, 9.17) is 4.74 Å². The van der Waals surface area contributed by atoms with Crippen LogP contribution < -0.4 is 5.32 Å². The Hall–Kier alpha value is -0.120. The van der Waals surface area contributed by atoms with Crippen LogP contribution in [0.3, 0.4) is 0 Å². The highest BCUT2D eigenvalue weighted by Gasteiger charge is 2.26. The van der Waals surface area contributed by atoms with E-state index in [0.29, 0.717) is 5.92 Å². The van der Waals surface area contributed by atoms with Crippen molar-refractivity contribution in [3.05, 3.63) is 0 Å². The van der Waals surface area contributed by atoms with Crippen LogP contribution in [0.25, 0.3) is 0 Å². The third-order valence-electron chi connectivity index (χ3n) is 2.39. The van der Waals surface area contributed by atoms with E-state index in [9.17, 15) is 0 Å². The van der Waals surface area contributed by atoms with Crippen LogP contribution in [0, 0.1) is 5.92 Å². The average Bonchev–Trinajstić information content (AvgIpc) is 2.39. The fraction of sp³-hybridized carbons (Fsp3) is 1.00. The van der Waals surface area contributed by atoms with Crippen LogP contribution in [0.15, 0.2) is 0 Å². The lowest BCUT2D eigenvalue weighted by molar-refractivity contribution is 0.0351. The Bertz CT molecular complexity index is 115. The van der Waals surface area contributed by atoms with Crippen LogP contribution in [0.4, 0.5) is 0 Å². The van der Waals surface area contributed by atoms with Crippen molar-refractivity contribution in [1.29, 1.82) is 0 Å². The van der Waals surface area contributed by atoms with Crippen LogP contribution >= 0.6 is 0 Å². The molecule has 1 aliphatic heterocycles. The standard InChI is InChI=1S/C8H18N2O/c1-9-8(11-3)7-4-5-10(2)6-7/h7-9H,4-6H2,1-3H3. The van der Waals surface area contributed by atoms with E-state index in [1.54, 1.807) is 7.11 Å². The molecule has 66 valence electrons. The van der Waals surface area contributed by atoms with Crippen LogP contribution in [-0.4, -0.2) is 45.4 Å². The molecule has 11 heavy (non-hydrogen) atoms. The highest BCUT2D eigenvalue weighted by molar-refractivity contribution is 4.77. The maximum Gasteiger partial charge on any atom is 0.111 e. The molecule has 0 saturated carbocycles. The van der Waals surface area contributed by atoms with Crippen molar-refractivity contribution < 1.29 is 4.74 Å². The summed E-state index contributed by atoms with van der Waals surface area (Å²) in [6.45, 7) is 2.35. The summed E-state index contributed by atoms with van der Waals surface area (Å²) in [5.74, 6) is 0.662. The second-order valence-electron chi connectivity index (χ2n) is 3.26. The van der Waals surface area contributed by atoms with Gasteiger partial charge in [0.25, 0.3) is 0 Å². The summed E-state index contributed by atoms with van der Waals surface area (Å²) in [7, 11) is 5.87. The van der Waals surface area contributed by atoms with Crippen molar-refractivity contribution in [3.63, 3.8) is 0 Å². The summed E-state index contributed by atoms with van der Waals surface area (Å²) >= 11 is 0. The second-order valence-corrected chi connectivity index (χ2v) is 3.26. The third-order valence-corrected chi connectivity index (χ3v) is 2.39. The van der Waals surface area contributed by atoms with Gasteiger partial charge in [-0.25, -0.2) is 0 Å². The molecule has 2 atom stereocenters. The minimum Gasteiger partial charge on any atom is -0.366 e. The lowest BCUT2D eigenvalue weighted by Crippen LogP contribution is -2.36. The van der Waals surface area contributed by atoms with Gasteiger partial charge in [0.1, 0.15) is 6.23 Å². The van der Waals surface area contributed by atoms with E-state index >= 15 is 0 Å². The topological polar surface area (TPSA) is 24.5 Å². The first kappa shape index (κ1) is 8.97. The van der Waals surface area contributed by atoms with Crippen LogP contribution in [0.5, 0.6) is 0 Å². The quantitative estimate of drug-likeness (QED) is 0.591. The summed E-state index contributed by atoms with van der Waals surface area (Å²) in [6.07, 6.45) is 1.48. The molecule has 3 nitrogen and oxygen atoms in total. The Morgan fingerprint density at radius 3 is 2.73 bits per heavy atom. The smallest absolute Gasteiger partial charge is 0.111 e. The molecule has 3 heteroatoms. The molecule has 0 aromatic heterocycles. The van der Waals surface area contributed by atoms with Crippen LogP contribution in [0.1, 0.15) is 6.42 Å². The van der Waals surface area contributed by atoms with Gasteiger partial charge in [-0.2, -0.15) is 0 Å². The molecule has 0 aliphatic carbocycles. The third kappa shape index (κ3) is 2.15. The number of likely N-dealkylation sites (tertiary alicyclic amines) is 1. The van der Waals surface area contributed by atoms with Crippen molar-refractivity contribution in [2.75, 3.05) is 34.3 Å². The molecule has 1 fully saturated rings. The van der Waals surface area contributed by atoms with Crippen LogP contribution in [0.2, 0.25) is 0 Å². The molecule has 2 unspecified atom stereocenters. The Morgan fingerprint density at radius 1 is 1.64 bits per heavy atom. The van der Waals surface area contributed by atoms with Crippen molar-refractivity contribution in [2.24, 2.45) is 5.92 Å². The van der Waals surface area contributed by atoms with Crippen molar-refractivity contribution in [3.8, 4) is 0 Å². The Morgan fingerprint density at radius 2 is 2.36 bits per heavy atom. The number of ether oxygens (including phenoxy) is 1. The molecule has 0 bridgehead atoms. The first-order chi connectivity index (χ1) is 5.27. The first-order valence-corrected chi connectivity index (χ1v) is 4.16. The molecule has 1 rings (SSSR count). The minimum atomic E-state index is 0.236. The molecule has 0 aromatic carbocycles. The second kappa shape index (κ2) is 4.04. The molecular formula is C8H18N2O. The molecule has 1 aliphatic rings. The van der Waals surface area contributed by atoms with Gasteiger partial charge in [-0.05, 0) is 27.1 Å². The molecule has 1 N–H and O–H groups in total. The highest BCUT2D eigenvalue weighted by Crippen LogP contribution is 2.18. The zero-order valence-corrected chi connectivity index (χ0v) is 7.63. The predicted octanol–water partition coefficient (Wildman–Crippen LogP) is 0.130. The average molecular weight is 158 g/mol. The van der Waals surface area contributed by atoms with E-state index in [0.717, 1.165) is 6.54 Å². The van der Waals surface area contributed by atoms with Crippen molar-refractivity contribution >= 4 is 0 Å². The largest absolute Gasteiger partial charge is 0.366 e. The predicted molar refractivity (Wildman–Crippen MR) is 45.5 cm³/mol. The number of nitrogens with zero attached hydrogens (tertiary/aromatic N) is 1. The zero-order valence-electron chi connectivity index (χ0n) is 7.63. The zero-order chi connectivity index (χ0) is 8.27. The number of methoxy groups -OCH3 is 1. The van der Waals surface area contributed by atoms with Gasteiger partial charge in [0.05, 0.1) is 0 Å². The van der Waals surface area contributed by atoms with Gasteiger partial charge < -0.3 is 9.64 Å². The fourth-order valence-electron chi connectivity index (χ4n) is 1.76. The molecular weight excluding hydrogens is 140 g/mol. The number of hydrogen-bond acceptors (Lipinski definition) is 3. The Labute approximate surface area is 68.7 Å². The first-order valence-electron chi connectivity index (χ1n) is 4.16. The summed E-state index contributed by atoms with van der Waals surface area (Å²) in [5, 5.41) is 3.17. The normalized spacial score (nSPS) is 29.2. The van der Waals surface area contributed by atoms with Gasteiger partial charge in [0, 0.05) is 19.6 Å². The summed E-state index contributed by atoms with van der Waals surface area (Å²) in [6, 6.07) is 0. The van der Waals surface area contributed by atoms with E-state index in [2.05, 4.69) is 17.3 Å². The van der Waals surface area contributed by atoms with Crippen molar-refractivity contribution in [2.45, 2.75) is 12.6 Å². The molecule has 1 heterocycles. The van der Waals surface area contributed by atoms with E-state index in [1.807, 2.05) is 7.05 Å². The van der Waals surface area contributed by atoms with E-state index in [-0.39, 0.29) is 6.23 Å². The maximum atomic E-state index is 5.29. The van der Waals surface area contributed by atoms with Crippen LogP contribution in [-0.2, 0) is 4.74 Å². The van der Waals surface area contributed by atoms with Crippen molar-refractivity contribution in [1.82, 2.24) is 10.2 Å². The Balaban J connectivity index is 2.34. The maximum absolute atomic E-state index is 5.29. The molecule has 0 amide bonds.